The standard InChI is InChI=1S/C24BF20.C12H11BrN/c26-5-1(6(27)14(35)21(42)13(5)34)25(2-7(28)15(36)22(43)16(37)8(2)29,3-9(30)17(38)23(44)18(39)10(3)31)4-11(32)19(40)24(45)20(41)12(4)33;13-12-7-3-2-6-11(12)10-14-8-4-1-5-9-14/h;1-9H,10H2/q-1;+1. The molecule has 0 unspecified atom stereocenters. The van der Waals surface area contributed by atoms with Gasteiger partial charge in [-0.15, -0.1) is 21.9 Å². The average molecular weight is 928 g/mol. The van der Waals surface area contributed by atoms with Crippen molar-refractivity contribution in [2.45, 2.75) is 6.54 Å². The number of pyridine rings is 1. The van der Waals surface area contributed by atoms with Crippen molar-refractivity contribution in [2.75, 3.05) is 0 Å². The number of rotatable bonds is 6. The van der Waals surface area contributed by atoms with Gasteiger partial charge in [-0.2, -0.15) is 0 Å². The molecule has 0 saturated carbocycles. The Hall–Kier alpha value is -5.61. The zero-order valence-electron chi connectivity index (χ0n) is 27.9. The summed E-state index contributed by atoms with van der Waals surface area (Å²) in [4.78, 5) is 0. The second-order valence-corrected chi connectivity index (χ2v) is 12.8. The largest absolute Gasteiger partial charge is 0.207 e. The highest BCUT2D eigenvalue weighted by Crippen LogP contribution is 2.30. The smallest absolute Gasteiger partial charge is 0.200 e. The van der Waals surface area contributed by atoms with Gasteiger partial charge in [-0.3, -0.25) is 0 Å². The normalized spacial score (nSPS) is 11.5. The lowest BCUT2D eigenvalue weighted by Crippen LogP contribution is -2.81. The van der Waals surface area contributed by atoms with E-state index in [1.165, 1.54) is 5.56 Å². The minimum Gasteiger partial charge on any atom is -0.207 e. The van der Waals surface area contributed by atoms with E-state index in [9.17, 15) is 52.7 Å². The van der Waals surface area contributed by atoms with Crippen LogP contribution in [0.4, 0.5) is 87.8 Å². The number of aromatic nitrogens is 1. The van der Waals surface area contributed by atoms with Crippen LogP contribution in [-0.4, -0.2) is 6.15 Å². The van der Waals surface area contributed by atoms with E-state index in [0.29, 0.717) is 0 Å². The molecule has 1 heterocycles. The maximum absolute atomic E-state index is 15.4. The Bertz CT molecular complexity index is 2280. The van der Waals surface area contributed by atoms with Crippen molar-refractivity contribution in [3.05, 3.63) is 181 Å². The van der Waals surface area contributed by atoms with E-state index < -0.39 is 144 Å². The van der Waals surface area contributed by atoms with Gasteiger partial charge in [0, 0.05) is 22.2 Å². The van der Waals surface area contributed by atoms with Crippen LogP contribution in [0, 0.1) is 116 Å². The van der Waals surface area contributed by atoms with Gasteiger partial charge in [-0.1, -0.05) is 40.2 Å². The Balaban J connectivity index is 0.000000395. The van der Waals surface area contributed by atoms with Crippen molar-refractivity contribution in [1.29, 1.82) is 0 Å². The SMILES string of the molecule is Brc1ccccc1C[n+]1ccccc1.Fc1c(F)c(F)c([B-](c2c(F)c(F)c(F)c(F)c2F)(c2c(F)c(F)c(F)c(F)c2F)c2c(F)c(F)c(F)c(F)c2F)c(F)c1F. The quantitative estimate of drug-likeness (QED) is 0.0519. The zero-order chi connectivity index (χ0) is 44.2. The molecule has 1 nitrogen and oxygen atoms in total. The fourth-order valence-electron chi connectivity index (χ4n) is 6.24. The van der Waals surface area contributed by atoms with Crippen LogP contribution in [0.1, 0.15) is 5.56 Å². The number of halogens is 21. The molecule has 59 heavy (non-hydrogen) atoms. The van der Waals surface area contributed by atoms with Crippen molar-refractivity contribution >= 4 is 43.9 Å². The number of hydrogen-bond donors (Lipinski definition) is 0. The van der Waals surface area contributed by atoms with Crippen LogP contribution in [0.2, 0.25) is 0 Å². The summed E-state index contributed by atoms with van der Waals surface area (Å²) >= 11 is 3.54. The van der Waals surface area contributed by atoms with Gasteiger partial charge < -0.3 is 0 Å². The van der Waals surface area contributed by atoms with Crippen LogP contribution in [0.3, 0.4) is 0 Å². The lowest BCUT2D eigenvalue weighted by atomic mass is 9.12. The van der Waals surface area contributed by atoms with Crippen molar-refractivity contribution in [3.63, 3.8) is 0 Å². The first-order valence-corrected chi connectivity index (χ1v) is 16.3. The molecule has 310 valence electrons. The summed E-state index contributed by atoms with van der Waals surface area (Å²) in [6, 6.07) is 14.4. The molecular formula is C36H11BBrF20N. The minimum absolute atomic E-state index is 0.905. The molecule has 1 aromatic heterocycles. The lowest BCUT2D eigenvalue weighted by molar-refractivity contribution is -0.688. The van der Waals surface area contributed by atoms with Crippen LogP contribution >= 0.6 is 15.9 Å². The highest BCUT2D eigenvalue weighted by molar-refractivity contribution is 9.10. The second-order valence-electron chi connectivity index (χ2n) is 11.9. The first-order valence-electron chi connectivity index (χ1n) is 15.5. The Labute approximate surface area is 323 Å². The first-order chi connectivity index (χ1) is 27.6. The van der Waals surface area contributed by atoms with E-state index in [1.807, 2.05) is 24.3 Å². The molecule has 0 aliphatic heterocycles. The topological polar surface area (TPSA) is 3.88 Å². The Morgan fingerprint density at radius 3 is 0.814 bits per heavy atom. The predicted octanol–water partition coefficient (Wildman–Crippen LogP) is 8.63. The molecule has 0 fully saturated rings. The molecule has 0 radical (unpaired) electrons. The van der Waals surface area contributed by atoms with Crippen LogP contribution < -0.4 is 26.4 Å². The summed E-state index contributed by atoms with van der Waals surface area (Å²) < 4.78 is 297. The van der Waals surface area contributed by atoms with Gasteiger partial charge in [-0.25, -0.2) is 92.4 Å². The second kappa shape index (κ2) is 16.6. The van der Waals surface area contributed by atoms with Crippen molar-refractivity contribution < 1.29 is 92.4 Å². The lowest BCUT2D eigenvalue weighted by Gasteiger charge is -2.44. The molecule has 0 aliphatic carbocycles. The maximum Gasteiger partial charge on any atom is 0.200 e. The summed E-state index contributed by atoms with van der Waals surface area (Å²) in [5.41, 5.74) is -13.0. The van der Waals surface area contributed by atoms with E-state index in [2.05, 4.69) is 51.1 Å². The highest BCUT2D eigenvalue weighted by atomic mass is 79.9. The molecule has 0 bridgehead atoms. The van der Waals surface area contributed by atoms with Gasteiger partial charge in [0.05, 0.1) is 0 Å². The molecular weight excluding hydrogens is 917 g/mol. The minimum atomic E-state index is -7.22. The fourth-order valence-corrected chi connectivity index (χ4v) is 6.65. The third-order valence-corrected chi connectivity index (χ3v) is 9.57. The molecule has 0 spiro atoms. The summed E-state index contributed by atoms with van der Waals surface area (Å²) in [6.07, 6.45) is -3.08. The van der Waals surface area contributed by atoms with E-state index in [-0.39, 0.29) is 0 Å². The van der Waals surface area contributed by atoms with Gasteiger partial charge in [0.25, 0.3) is 0 Å². The van der Waals surface area contributed by atoms with Gasteiger partial charge in [-0.05, 0) is 6.07 Å². The zero-order valence-corrected chi connectivity index (χ0v) is 29.5. The third-order valence-electron chi connectivity index (χ3n) is 8.80. The Morgan fingerprint density at radius 2 is 0.559 bits per heavy atom. The average Bonchev–Trinajstić information content (AvgIpc) is 3.22. The molecule has 5 aromatic carbocycles. The van der Waals surface area contributed by atoms with Gasteiger partial charge in [0.1, 0.15) is 52.7 Å². The molecule has 0 aliphatic rings. The van der Waals surface area contributed by atoms with Crippen LogP contribution in [0.15, 0.2) is 59.3 Å². The molecule has 0 atom stereocenters. The molecule has 0 N–H and O–H groups in total. The highest BCUT2D eigenvalue weighted by Gasteiger charge is 2.52. The molecule has 6 aromatic rings. The Kier molecular flexibility index (Phi) is 12.5. The number of nitrogens with zero attached hydrogens (tertiary/aromatic N) is 1. The molecule has 23 heteroatoms. The maximum atomic E-state index is 15.4. The summed E-state index contributed by atoms with van der Waals surface area (Å²) in [5, 5.41) is 0. The van der Waals surface area contributed by atoms with Gasteiger partial charge in [0.2, 0.25) is 0 Å². The van der Waals surface area contributed by atoms with E-state index in [1.54, 1.807) is 0 Å². The number of benzene rings is 5. The van der Waals surface area contributed by atoms with Crippen LogP contribution in [-0.2, 0) is 6.54 Å². The summed E-state index contributed by atoms with van der Waals surface area (Å²) in [7, 11) is 0. The monoisotopic (exact) mass is 927 g/mol. The van der Waals surface area contributed by atoms with E-state index >= 15 is 35.1 Å². The van der Waals surface area contributed by atoms with E-state index in [4.69, 9.17) is 0 Å². The summed E-state index contributed by atoms with van der Waals surface area (Å²) in [5.74, 6) is -71.4. The van der Waals surface area contributed by atoms with Crippen LogP contribution in [0.25, 0.3) is 0 Å². The van der Waals surface area contributed by atoms with Crippen LogP contribution in [0.5, 0.6) is 0 Å². The number of hydrogen-bond acceptors (Lipinski definition) is 0. The summed E-state index contributed by atoms with van der Waals surface area (Å²) in [6.45, 7) is 0.905. The molecule has 6 rings (SSSR count). The van der Waals surface area contributed by atoms with E-state index in [0.717, 1.165) is 11.0 Å². The Morgan fingerprint density at radius 1 is 0.322 bits per heavy atom. The molecule has 0 saturated heterocycles. The predicted molar refractivity (Wildman–Crippen MR) is 169 cm³/mol. The van der Waals surface area contributed by atoms with Gasteiger partial charge in [0.15, 0.2) is 88.7 Å². The van der Waals surface area contributed by atoms with Gasteiger partial charge >= 0.3 is 0 Å². The van der Waals surface area contributed by atoms with Crippen molar-refractivity contribution in [2.24, 2.45) is 0 Å². The van der Waals surface area contributed by atoms with Crippen molar-refractivity contribution in [1.82, 2.24) is 0 Å². The van der Waals surface area contributed by atoms with Crippen molar-refractivity contribution in [3.8, 4) is 0 Å². The fraction of sp³-hybridized carbons (Fsp3) is 0.0278. The molecule has 0 amide bonds. The first kappa shape index (κ1) is 44.5. The third kappa shape index (κ3) is 7.05.